The molecule has 0 aliphatic rings. The number of nitrogens with two attached hydrogens (primary N) is 1. The van der Waals surface area contributed by atoms with Crippen LogP contribution in [0.25, 0.3) is 0 Å². The Morgan fingerprint density at radius 3 is 1.79 bits per heavy atom. The Morgan fingerprint density at radius 2 is 1.32 bits per heavy atom. The zero-order chi connectivity index (χ0) is 21.3. The minimum Gasteiger partial charge on any atom is -0.495 e. The Morgan fingerprint density at radius 1 is 0.857 bits per heavy atom. The number of anilines is 1. The molecule has 0 atom stereocenters. The molecule has 2 aromatic carbocycles. The van der Waals surface area contributed by atoms with Crippen molar-refractivity contribution in [2.45, 2.75) is 0 Å². The van der Waals surface area contributed by atoms with Gasteiger partial charge in [0.15, 0.2) is 5.75 Å². The van der Waals surface area contributed by atoms with Gasteiger partial charge in [-0.05, 0) is 24.3 Å². The standard InChI is InChI=1S/C9H9NO5.C9H11NO3/c1-14-7-5-3-4-6(9(11)15-2)8(7)10(12)13;1-12-7-5-3-4-6(8(7)10)9(11)13-2/h3-5H,1-2H3;3-5H,10H2,1-2H3. The van der Waals surface area contributed by atoms with Gasteiger partial charge in [-0.25, -0.2) is 9.59 Å². The number of esters is 2. The maximum absolute atomic E-state index is 11.2. The Balaban J connectivity index is 0.000000283. The molecule has 150 valence electrons. The van der Waals surface area contributed by atoms with E-state index in [1.54, 1.807) is 18.2 Å². The normalized spacial score (nSPS) is 9.43. The van der Waals surface area contributed by atoms with Crippen LogP contribution in [0.5, 0.6) is 11.5 Å². The van der Waals surface area contributed by atoms with Crippen molar-refractivity contribution in [3.8, 4) is 11.5 Å². The maximum atomic E-state index is 11.2. The third kappa shape index (κ3) is 5.10. The van der Waals surface area contributed by atoms with Crippen LogP contribution >= 0.6 is 0 Å². The Bertz CT molecular complexity index is 867. The maximum Gasteiger partial charge on any atom is 0.345 e. The molecule has 0 saturated carbocycles. The molecule has 2 rings (SSSR count). The second-order valence-corrected chi connectivity index (χ2v) is 5.02. The van der Waals surface area contributed by atoms with Crippen LogP contribution in [0.3, 0.4) is 0 Å². The first-order chi connectivity index (χ1) is 13.3. The average molecular weight is 392 g/mol. The van der Waals surface area contributed by atoms with Crippen LogP contribution < -0.4 is 15.2 Å². The molecule has 10 heteroatoms. The Kier molecular flexibility index (Phi) is 8.22. The second-order valence-electron chi connectivity index (χ2n) is 5.02. The molecule has 0 saturated heterocycles. The van der Waals surface area contributed by atoms with Crippen LogP contribution in [-0.2, 0) is 9.47 Å². The molecular weight excluding hydrogens is 372 g/mol. The summed E-state index contributed by atoms with van der Waals surface area (Å²) in [7, 11) is 5.25. The number of rotatable bonds is 5. The summed E-state index contributed by atoms with van der Waals surface area (Å²) in [4.78, 5) is 32.4. The van der Waals surface area contributed by atoms with E-state index in [1.807, 2.05) is 0 Å². The number of hydrogen-bond donors (Lipinski definition) is 1. The summed E-state index contributed by atoms with van der Waals surface area (Å²) in [5.74, 6) is -0.720. The molecule has 0 fully saturated rings. The minimum absolute atomic E-state index is 0.0305. The SMILES string of the molecule is COC(=O)c1cccc(OC)c1N.COC(=O)c1cccc(OC)c1[N+](=O)[O-]. The van der Waals surface area contributed by atoms with Crippen molar-refractivity contribution in [2.24, 2.45) is 0 Å². The average Bonchev–Trinajstić information content (AvgIpc) is 2.72. The lowest BCUT2D eigenvalue weighted by molar-refractivity contribution is -0.386. The van der Waals surface area contributed by atoms with E-state index in [9.17, 15) is 19.7 Å². The molecular formula is C18H20N2O8. The van der Waals surface area contributed by atoms with E-state index in [-0.39, 0.29) is 17.0 Å². The van der Waals surface area contributed by atoms with E-state index in [2.05, 4.69) is 9.47 Å². The zero-order valence-corrected chi connectivity index (χ0v) is 15.8. The molecule has 0 amide bonds. The molecule has 0 spiro atoms. The van der Waals surface area contributed by atoms with Crippen molar-refractivity contribution in [3.63, 3.8) is 0 Å². The van der Waals surface area contributed by atoms with Gasteiger partial charge in [0, 0.05) is 0 Å². The number of nitro benzene ring substituents is 1. The molecule has 28 heavy (non-hydrogen) atoms. The minimum atomic E-state index is -0.763. The van der Waals surface area contributed by atoms with Crippen molar-refractivity contribution in [3.05, 3.63) is 57.6 Å². The van der Waals surface area contributed by atoms with Crippen LogP contribution in [0.1, 0.15) is 20.7 Å². The topological polar surface area (TPSA) is 140 Å². The lowest BCUT2D eigenvalue weighted by Gasteiger charge is -2.07. The smallest absolute Gasteiger partial charge is 0.345 e. The number of nitrogen functional groups attached to an aromatic ring is 1. The van der Waals surface area contributed by atoms with Crippen molar-refractivity contribution >= 4 is 23.3 Å². The van der Waals surface area contributed by atoms with E-state index in [1.165, 1.54) is 39.5 Å². The molecule has 0 aliphatic carbocycles. The van der Waals surface area contributed by atoms with E-state index in [0.29, 0.717) is 17.0 Å². The fourth-order valence-electron chi connectivity index (χ4n) is 2.16. The highest BCUT2D eigenvalue weighted by Gasteiger charge is 2.25. The lowest BCUT2D eigenvalue weighted by atomic mass is 10.1. The molecule has 2 aromatic rings. The monoisotopic (exact) mass is 392 g/mol. The highest BCUT2D eigenvalue weighted by Crippen LogP contribution is 2.30. The number of methoxy groups -OCH3 is 4. The van der Waals surface area contributed by atoms with Crippen LogP contribution in [0, 0.1) is 10.1 Å². The highest BCUT2D eigenvalue weighted by molar-refractivity contribution is 5.96. The number of benzene rings is 2. The number of ether oxygens (including phenoxy) is 4. The molecule has 10 nitrogen and oxygen atoms in total. The van der Waals surface area contributed by atoms with Gasteiger partial charge in [0.2, 0.25) is 0 Å². The number of carbonyl (C=O) groups is 2. The van der Waals surface area contributed by atoms with Gasteiger partial charge in [0.25, 0.3) is 0 Å². The van der Waals surface area contributed by atoms with Crippen molar-refractivity contribution in [1.82, 2.24) is 0 Å². The molecule has 0 aromatic heterocycles. The van der Waals surface area contributed by atoms with Gasteiger partial charge in [-0.3, -0.25) is 10.1 Å². The second kappa shape index (κ2) is 10.4. The summed E-state index contributed by atoms with van der Waals surface area (Å²) in [5.41, 5.74) is 5.76. The fourth-order valence-corrected chi connectivity index (χ4v) is 2.16. The van der Waals surface area contributed by atoms with Gasteiger partial charge >= 0.3 is 17.6 Å². The van der Waals surface area contributed by atoms with Crippen molar-refractivity contribution in [2.75, 3.05) is 34.2 Å². The summed E-state index contributed by atoms with van der Waals surface area (Å²) in [6.07, 6.45) is 0. The lowest BCUT2D eigenvalue weighted by Crippen LogP contribution is -2.06. The van der Waals surface area contributed by atoms with E-state index in [0.717, 1.165) is 7.11 Å². The summed E-state index contributed by atoms with van der Waals surface area (Å²) >= 11 is 0. The number of carbonyl (C=O) groups excluding carboxylic acids is 2. The van der Waals surface area contributed by atoms with Crippen LogP contribution in [0.4, 0.5) is 11.4 Å². The van der Waals surface area contributed by atoms with Gasteiger partial charge < -0.3 is 24.7 Å². The van der Waals surface area contributed by atoms with Crippen molar-refractivity contribution in [1.29, 1.82) is 0 Å². The summed E-state index contributed by atoms with van der Waals surface area (Å²) in [6, 6.07) is 9.15. The molecule has 0 bridgehead atoms. The first-order valence-electron chi connectivity index (χ1n) is 7.72. The largest absolute Gasteiger partial charge is 0.495 e. The number of nitro groups is 1. The quantitative estimate of drug-likeness (QED) is 0.351. The number of para-hydroxylation sites is 2. The summed E-state index contributed by atoms with van der Waals surface area (Å²) in [6.45, 7) is 0. The summed E-state index contributed by atoms with van der Waals surface area (Å²) < 4.78 is 18.7. The zero-order valence-electron chi connectivity index (χ0n) is 15.8. The van der Waals surface area contributed by atoms with Crippen LogP contribution in [-0.4, -0.2) is 45.3 Å². The van der Waals surface area contributed by atoms with Crippen molar-refractivity contribution < 1.29 is 33.5 Å². The van der Waals surface area contributed by atoms with Gasteiger partial charge in [0.05, 0.1) is 44.6 Å². The van der Waals surface area contributed by atoms with E-state index >= 15 is 0 Å². The van der Waals surface area contributed by atoms with Gasteiger partial charge in [-0.15, -0.1) is 0 Å². The van der Waals surface area contributed by atoms with E-state index in [4.69, 9.17) is 15.2 Å². The Labute approximate surface area is 160 Å². The molecule has 0 radical (unpaired) electrons. The molecule has 2 N–H and O–H groups in total. The third-order valence-corrected chi connectivity index (χ3v) is 3.50. The first kappa shape index (κ1) is 22.2. The van der Waals surface area contributed by atoms with Crippen LogP contribution in [0.2, 0.25) is 0 Å². The van der Waals surface area contributed by atoms with Crippen LogP contribution in [0.15, 0.2) is 36.4 Å². The fraction of sp³-hybridized carbons (Fsp3) is 0.222. The highest BCUT2D eigenvalue weighted by atomic mass is 16.6. The summed E-state index contributed by atoms with van der Waals surface area (Å²) in [5, 5.41) is 10.7. The molecule has 0 heterocycles. The number of nitrogens with zero attached hydrogens (tertiary/aromatic N) is 1. The first-order valence-corrected chi connectivity index (χ1v) is 7.72. The Hall–Kier alpha value is -3.82. The van der Waals surface area contributed by atoms with Gasteiger partial charge in [-0.1, -0.05) is 12.1 Å². The predicted octanol–water partition coefficient (Wildman–Crippen LogP) is 2.45. The molecule has 0 unspecified atom stereocenters. The van der Waals surface area contributed by atoms with Gasteiger partial charge in [-0.2, -0.15) is 0 Å². The molecule has 0 aliphatic heterocycles. The van der Waals surface area contributed by atoms with E-state index < -0.39 is 16.9 Å². The number of hydrogen-bond acceptors (Lipinski definition) is 9. The third-order valence-electron chi connectivity index (χ3n) is 3.50. The van der Waals surface area contributed by atoms with Gasteiger partial charge in [0.1, 0.15) is 11.3 Å². The predicted molar refractivity (Wildman–Crippen MR) is 99.7 cm³/mol.